The second-order valence-corrected chi connectivity index (χ2v) is 5.02. The van der Waals surface area contributed by atoms with Crippen LogP contribution in [0.1, 0.15) is 24.2 Å². The molecule has 0 bridgehead atoms. The van der Waals surface area contributed by atoms with Crippen LogP contribution in [0, 0.1) is 5.82 Å². The van der Waals surface area contributed by atoms with Gasteiger partial charge in [0.2, 0.25) is 0 Å². The van der Waals surface area contributed by atoms with E-state index in [1.807, 2.05) is 0 Å². The number of hydrogen-bond donors (Lipinski definition) is 1. The van der Waals surface area contributed by atoms with Gasteiger partial charge >= 0.3 is 0 Å². The molecule has 1 unspecified atom stereocenters. The highest BCUT2D eigenvalue weighted by atomic mass is 35.5. The van der Waals surface area contributed by atoms with Gasteiger partial charge < -0.3 is 14.6 Å². The summed E-state index contributed by atoms with van der Waals surface area (Å²) in [7, 11) is 1.56. The number of ether oxygens (including phenoxy) is 2. The van der Waals surface area contributed by atoms with Crippen LogP contribution in [-0.2, 0) is 6.61 Å². The van der Waals surface area contributed by atoms with Gasteiger partial charge in [-0.25, -0.2) is 4.39 Å². The summed E-state index contributed by atoms with van der Waals surface area (Å²) >= 11 is 5.73. The third kappa shape index (κ3) is 3.86. The van der Waals surface area contributed by atoms with E-state index in [0.29, 0.717) is 17.1 Å². The molecule has 21 heavy (non-hydrogen) atoms. The molecule has 0 fully saturated rings. The lowest BCUT2D eigenvalue weighted by Gasteiger charge is -2.15. The molecule has 0 spiro atoms. The fourth-order valence-electron chi connectivity index (χ4n) is 1.90. The minimum atomic E-state index is -0.664. The zero-order valence-corrected chi connectivity index (χ0v) is 12.5. The molecule has 0 heterocycles. The molecule has 0 aliphatic carbocycles. The molecule has 0 saturated heterocycles. The van der Waals surface area contributed by atoms with Gasteiger partial charge in [0.25, 0.3) is 0 Å². The molecule has 2 rings (SSSR count). The van der Waals surface area contributed by atoms with Crippen molar-refractivity contribution in [2.45, 2.75) is 19.6 Å². The van der Waals surface area contributed by atoms with Gasteiger partial charge in [-0.1, -0.05) is 17.7 Å². The van der Waals surface area contributed by atoms with Crippen LogP contribution in [0.25, 0.3) is 0 Å². The number of halogens is 2. The molecule has 1 N–H and O–H groups in total. The summed E-state index contributed by atoms with van der Waals surface area (Å²) in [6.07, 6.45) is -0.664. The van der Waals surface area contributed by atoms with Crippen LogP contribution in [0.4, 0.5) is 4.39 Å². The summed E-state index contributed by atoms with van der Waals surface area (Å²) in [6.45, 7) is 1.87. The van der Waals surface area contributed by atoms with Crippen molar-refractivity contribution in [2.24, 2.45) is 0 Å². The van der Waals surface area contributed by atoms with Crippen LogP contribution in [-0.4, -0.2) is 12.2 Å². The smallest absolute Gasteiger partial charge is 0.141 e. The molecular formula is C16H16ClFO3. The minimum Gasteiger partial charge on any atom is -0.497 e. The summed E-state index contributed by atoms with van der Waals surface area (Å²) < 4.78 is 24.0. The van der Waals surface area contributed by atoms with E-state index in [0.717, 1.165) is 5.56 Å². The van der Waals surface area contributed by atoms with Gasteiger partial charge in [-0.15, -0.1) is 0 Å². The molecule has 0 saturated carbocycles. The SMILES string of the molecule is COc1ccc(C(C)O)c(OCc2ccc(F)c(Cl)c2)c1. The third-order valence-electron chi connectivity index (χ3n) is 3.05. The first-order chi connectivity index (χ1) is 10.0. The maximum atomic E-state index is 13.1. The van der Waals surface area contributed by atoms with Crippen LogP contribution in [0.15, 0.2) is 36.4 Å². The van der Waals surface area contributed by atoms with E-state index < -0.39 is 11.9 Å². The Bertz CT molecular complexity index is 629. The second-order valence-electron chi connectivity index (χ2n) is 4.62. The van der Waals surface area contributed by atoms with E-state index in [1.165, 1.54) is 12.1 Å². The van der Waals surface area contributed by atoms with Crippen molar-refractivity contribution >= 4 is 11.6 Å². The highest BCUT2D eigenvalue weighted by molar-refractivity contribution is 6.30. The Balaban J connectivity index is 2.19. The Hall–Kier alpha value is -1.78. The summed E-state index contributed by atoms with van der Waals surface area (Å²) in [5, 5.41) is 9.81. The van der Waals surface area contributed by atoms with Crippen molar-refractivity contribution in [1.82, 2.24) is 0 Å². The average Bonchev–Trinajstić information content (AvgIpc) is 2.48. The lowest BCUT2D eigenvalue weighted by molar-refractivity contribution is 0.190. The average molecular weight is 311 g/mol. The maximum Gasteiger partial charge on any atom is 0.141 e. The Morgan fingerprint density at radius 1 is 1.24 bits per heavy atom. The normalized spacial score (nSPS) is 12.0. The molecule has 1 atom stereocenters. The van der Waals surface area contributed by atoms with Gasteiger partial charge in [0.1, 0.15) is 23.9 Å². The molecule has 2 aromatic carbocycles. The molecule has 0 radical (unpaired) electrons. The second kappa shape index (κ2) is 6.78. The molecule has 5 heteroatoms. The first-order valence-electron chi connectivity index (χ1n) is 6.44. The largest absolute Gasteiger partial charge is 0.497 e. The Morgan fingerprint density at radius 3 is 2.62 bits per heavy atom. The lowest BCUT2D eigenvalue weighted by atomic mass is 10.1. The number of methoxy groups -OCH3 is 1. The van der Waals surface area contributed by atoms with Crippen LogP contribution in [0.3, 0.4) is 0 Å². The van der Waals surface area contributed by atoms with Gasteiger partial charge in [0.15, 0.2) is 0 Å². The summed E-state index contributed by atoms with van der Waals surface area (Å²) in [5.74, 6) is 0.683. The number of aliphatic hydroxyl groups excluding tert-OH is 1. The standard InChI is InChI=1S/C16H16ClFO3/c1-10(19)13-5-4-12(20-2)8-16(13)21-9-11-3-6-15(18)14(17)7-11/h3-8,10,19H,9H2,1-2H3. The quantitative estimate of drug-likeness (QED) is 0.903. The fourth-order valence-corrected chi connectivity index (χ4v) is 2.11. The molecular weight excluding hydrogens is 295 g/mol. The molecule has 0 aromatic heterocycles. The topological polar surface area (TPSA) is 38.7 Å². The van der Waals surface area contributed by atoms with Gasteiger partial charge in [0, 0.05) is 11.6 Å². The number of benzene rings is 2. The van der Waals surface area contributed by atoms with Gasteiger partial charge in [0.05, 0.1) is 18.2 Å². The van der Waals surface area contributed by atoms with Crippen LogP contribution in [0.5, 0.6) is 11.5 Å². The van der Waals surface area contributed by atoms with Crippen LogP contribution >= 0.6 is 11.6 Å². The molecule has 2 aromatic rings. The number of rotatable bonds is 5. The van der Waals surface area contributed by atoms with Crippen molar-refractivity contribution in [3.05, 3.63) is 58.4 Å². The molecule has 0 amide bonds. The van der Waals surface area contributed by atoms with E-state index in [1.54, 1.807) is 38.3 Å². The molecule has 112 valence electrons. The molecule has 0 aliphatic heterocycles. The summed E-state index contributed by atoms with van der Waals surface area (Å²) in [4.78, 5) is 0. The summed E-state index contributed by atoms with van der Waals surface area (Å²) in [6, 6.07) is 9.61. The fraction of sp³-hybridized carbons (Fsp3) is 0.250. The van der Waals surface area contributed by atoms with Crippen molar-refractivity contribution in [1.29, 1.82) is 0 Å². The number of aliphatic hydroxyl groups is 1. The number of hydrogen-bond acceptors (Lipinski definition) is 3. The van der Waals surface area contributed by atoms with E-state index in [9.17, 15) is 9.50 Å². The third-order valence-corrected chi connectivity index (χ3v) is 3.34. The van der Waals surface area contributed by atoms with Crippen molar-refractivity contribution < 1.29 is 19.0 Å². The van der Waals surface area contributed by atoms with Crippen molar-refractivity contribution in [3.8, 4) is 11.5 Å². The van der Waals surface area contributed by atoms with Crippen LogP contribution < -0.4 is 9.47 Å². The van der Waals surface area contributed by atoms with E-state index in [-0.39, 0.29) is 11.6 Å². The van der Waals surface area contributed by atoms with Crippen molar-refractivity contribution in [2.75, 3.05) is 7.11 Å². The minimum absolute atomic E-state index is 0.0532. The van der Waals surface area contributed by atoms with Crippen molar-refractivity contribution in [3.63, 3.8) is 0 Å². The van der Waals surface area contributed by atoms with Gasteiger partial charge in [-0.05, 0) is 36.8 Å². The highest BCUT2D eigenvalue weighted by Crippen LogP contribution is 2.30. The zero-order chi connectivity index (χ0) is 15.4. The predicted octanol–water partition coefficient (Wildman–Crippen LogP) is 4.12. The first-order valence-corrected chi connectivity index (χ1v) is 6.81. The highest BCUT2D eigenvalue weighted by Gasteiger charge is 2.11. The Kier molecular flexibility index (Phi) is 5.04. The van der Waals surface area contributed by atoms with E-state index >= 15 is 0 Å². The zero-order valence-electron chi connectivity index (χ0n) is 11.8. The van der Waals surface area contributed by atoms with Gasteiger partial charge in [-0.2, -0.15) is 0 Å². The predicted molar refractivity (Wildman–Crippen MR) is 79.4 cm³/mol. The lowest BCUT2D eigenvalue weighted by Crippen LogP contribution is -2.02. The van der Waals surface area contributed by atoms with Crippen LogP contribution in [0.2, 0.25) is 5.02 Å². The monoisotopic (exact) mass is 310 g/mol. The molecule has 0 aliphatic rings. The summed E-state index contributed by atoms with van der Waals surface area (Å²) in [5.41, 5.74) is 1.39. The Labute approximate surface area is 127 Å². The van der Waals surface area contributed by atoms with E-state index in [2.05, 4.69) is 0 Å². The van der Waals surface area contributed by atoms with E-state index in [4.69, 9.17) is 21.1 Å². The Morgan fingerprint density at radius 2 is 2.00 bits per heavy atom. The molecule has 3 nitrogen and oxygen atoms in total. The first kappa shape index (κ1) is 15.6. The van der Waals surface area contributed by atoms with Gasteiger partial charge in [-0.3, -0.25) is 0 Å². The maximum absolute atomic E-state index is 13.1.